The maximum Gasteiger partial charge on any atom is 0.258 e. The molecule has 1 saturated carbocycles. The van der Waals surface area contributed by atoms with Crippen LogP contribution in [0.4, 0.5) is 0 Å². The minimum atomic E-state index is -0.482. The van der Waals surface area contributed by atoms with Gasteiger partial charge in [-0.05, 0) is 49.8 Å². The van der Waals surface area contributed by atoms with Gasteiger partial charge in [0.2, 0.25) is 0 Å². The van der Waals surface area contributed by atoms with Gasteiger partial charge in [-0.25, -0.2) is 0 Å². The zero-order valence-corrected chi connectivity index (χ0v) is 13.3. The number of nitrogens with zero attached hydrogens (tertiary/aromatic N) is 2. The summed E-state index contributed by atoms with van der Waals surface area (Å²) in [5.41, 5.74) is 6.72. The summed E-state index contributed by atoms with van der Waals surface area (Å²) in [5.74, 6) is 1.71. The molecule has 1 aromatic heterocycles. The Morgan fingerprint density at radius 2 is 1.95 bits per heavy atom. The molecule has 1 aliphatic rings. The second-order valence-electron chi connectivity index (χ2n) is 5.89. The average molecular weight is 326 g/mol. The molecule has 112 valence electrons. The second kappa shape index (κ2) is 5.59. The predicted octanol–water partition coefficient (Wildman–Crippen LogP) is 4.41. The molecule has 1 heterocycles. The maximum absolute atomic E-state index is 6.46. The minimum Gasteiger partial charge on any atom is -0.334 e. The van der Waals surface area contributed by atoms with Crippen LogP contribution in [-0.4, -0.2) is 10.1 Å². The number of hydrogen-bond acceptors (Lipinski definition) is 4. The second-order valence-corrected chi connectivity index (χ2v) is 6.71. The summed E-state index contributed by atoms with van der Waals surface area (Å²) in [7, 11) is 0. The van der Waals surface area contributed by atoms with Gasteiger partial charge in [0.15, 0.2) is 5.82 Å². The van der Waals surface area contributed by atoms with Gasteiger partial charge in [0.1, 0.15) is 0 Å². The Morgan fingerprint density at radius 1 is 1.24 bits per heavy atom. The van der Waals surface area contributed by atoms with Crippen LogP contribution in [0.2, 0.25) is 10.0 Å². The van der Waals surface area contributed by atoms with E-state index in [2.05, 4.69) is 17.1 Å². The van der Waals surface area contributed by atoms with Gasteiger partial charge in [-0.3, -0.25) is 0 Å². The first-order valence-corrected chi connectivity index (χ1v) is 7.82. The Kier molecular flexibility index (Phi) is 3.95. The molecule has 4 nitrogen and oxygen atoms in total. The molecule has 0 radical (unpaired) electrons. The van der Waals surface area contributed by atoms with E-state index in [0.717, 1.165) is 31.2 Å². The number of rotatable bonds is 2. The van der Waals surface area contributed by atoms with Gasteiger partial charge >= 0.3 is 0 Å². The van der Waals surface area contributed by atoms with Gasteiger partial charge in [0.05, 0.1) is 15.6 Å². The normalized spacial score (nSPS) is 26.0. The van der Waals surface area contributed by atoms with Crippen molar-refractivity contribution in [2.75, 3.05) is 0 Å². The summed E-state index contributed by atoms with van der Waals surface area (Å²) in [6, 6.07) is 5.23. The zero-order chi connectivity index (χ0) is 15.0. The lowest BCUT2D eigenvalue weighted by molar-refractivity contribution is 0.230. The fourth-order valence-electron chi connectivity index (χ4n) is 2.67. The predicted molar refractivity (Wildman–Crippen MR) is 83.3 cm³/mol. The number of hydrogen-bond donors (Lipinski definition) is 1. The SMILES string of the molecule is CC1CCC(N)(c2noc(-c3ccc(Cl)c(Cl)c3)n2)CC1. The number of aromatic nitrogens is 2. The first-order chi connectivity index (χ1) is 9.98. The van der Waals surface area contributed by atoms with Crippen molar-refractivity contribution < 1.29 is 4.52 Å². The molecule has 0 spiro atoms. The lowest BCUT2D eigenvalue weighted by atomic mass is 9.77. The van der Waals surface area contributed by atoms with Crippen LogP contribution in [0.1, 0.15) is 38.4 Å². The van der Waals surface area contributed by atoms with E-state index in [1.807, 2.05) is 0 Å². The molecule has 2 N–H and O–H groups in total. The summed E-state index contributed by atoms with van der Waals surface area (Å²) < 4.78 is 5.35. The molecule has 1 aliphatic carbocycles. The maximum atomic E-state index is 6.46. The van der Waals surface area contributed by atoms with Gasteiger partial charge < -0.3 is 10.3 Å². The molecule has 6 heteroatoms. The Morgan fingerprint density at radius 3 is 2.62 bits per heavy atom. The van der Waals surface area contributed by atoms with Crippen molar-refractivity contribution in [3.8, 4) is 11.5 Å². The zero-order valence-electron chi connectivity index (χ0n) is 11.8. The Balaban J connectivity index is 1.87. The fraction of sp³-hybridized carbons (Fsp3) is 0.467. The summed E-state index contributed by atoms with van der Waals surface area (Å²) >= 11 is 11.9. The molecule has 0 saturated heterocycles. The van der Waals surface area contributed by atoms with E-state index >= 15 is 0 Å². The van der Waals surface area contributed by atoms with Crippen LogP contribution < -0.4 is 5.73 Å². The van der Waals surface area contributed by atoms with Crippen molar-refractivity contribution in [2.24, 2.45) is 11.7 Å². The molecule has 0 aliphatic heterocycles. The van der Waals surface area contributed by atoms with E-state index < -0.39 is 5.54 Å². The molecule has 3 rings (SSSR count). The molecular formula is C15H17Cl2N3O. The largest absolute Gasteiger partial charge is 0.334 e. The summed E-state index contributed by atoms with van der Waals surface area (Å²) in [5, 5.41) is 5.04. The van der Waals surface area contributed by atoms with E-state index in [1.54, 1.807) is 18.2 Å². The Bertz CT molecular complexity index is 648. The molecule has 0 amide bonds. The van der Waals surface area contributed by atoms with Crippen LogP contribution in [0.15, 0.2) is 22.7 Å². The van der Waals surface area contributed by atoms with E-state index in [0.29, 0.717) is 27.7 Å². The van der Waals surface area contributed by atoms with Crippen LogP contribution in [0, 0.1) is 5.92 Å². The van der Waals surface area contributed by atoms with Gasteiger partial charge in [-0.1, -0.05) is 35.3 Å². The molecule has 21 heavy (non-hydrogen) atoms. The van der Waals surface area contributed by atoms with Crippen molar-refractivity contribution >= 4 is 23.2 Å². The van der Waals surface area contributed by atoms with Gasteiger partial charge in [0, 0.05) is 5.56 Å². The van der Waals surface area contributed by atoms with Crippen LogP contribution in [-0.2, 0) is 5.54 Å². The summed E-state index contributed by atoms with van der Waals surface area (Å²) in [4.78, 5) is 4.47. The monoisotopic (exact) mass is 325 g/mol. The number of halogens is 2. The summed E-state index contributed by atoms with van der Waals surface area (Å²) in [6.07, 6.45) is 3.95. The highest BCUT2D eigenvalue weighted by molar-refractivity contribution is 6.42. The standard InChI is InChI=1S/C15H17Cl2N3O/c1-9-4-6-15(18,7-5-9)14-19-13(21-20-14)10-2-3-11(16)12(17)8-10/h2-3,8-9H,4-7,18H2,1H3. The van der Waals surface area contributed by atoms with Gasteiger partial charge in [0.25, 0.3) is 5.89 Å². The quantitative estimate of drug-likeness (QED) is 0.888. The highest BCUT2D eigenvalue weighted by atomic mass is 35.5. The van der Waals surface area contributed by atoms with E-state index in [1.165, 1.54) is 0 Å². The molecule has 1 aromatic carbocycles. The third-order valence-corrected chi connectivity index (χ3v) is 4.94. The van der Waals surface area contributed by atoms with Crippen molar-refractivity contribution in [1.29, 1.82) is 0 Å². The molecule has 0 atom stereocenters. The topological polar surface area (TPSA) is 64.9 Å². The first kappa shape index (κ1) is 14.8. The average Bonchev–Trinajstić information content (AvgIpc) is 2.96. The van der Waals surface area contributed by atoms with Crippen molar-refractivity contribution in [1.82, 2.24) is 10.1 Å². The van der Waals surface area contributed by atoms with Crippen molar-refractivity contribution in [3.63, 3.8) is 0 Å². The van der Waals surface area contributed by atoms with Crippen LogP contribution in [0.5, 0.6) is 0 Å². The van der Waals surface area contributed by atoms with Crippen molar-refractivity contribution in [2.45, 2.75) is 38.1 Å². The van der Waals surface area contributed by atoms with E-state index in [4.69, 9.17) is 33.5 Å². The molecule has 2 aromatic rings. The molecule has 0 unspecified atom stereocenters. The highest BCUT2D eigenvalue weighted by Crippen LogP contribution is 2.37. The number of nitrogens with two attached hydrogens (primary N) is 1. The third kappa shape index (κ3) is 2.93. The molecule has 0 bridgehead atoms. The fourth-order valence-corrected chi connectivity index (χ4v) is 2.97. The van der Waals surface area contributed by atoms with E-state index in [9.17, 15) is 0 Å². The molecular weight excluding hydrogens is 309 g/mol. The van der Waals surface area contributed by atoms with Gasteiger partial charge in [-0.15, -0.1) is 0 Å². The van der Waals surface area contributed by atoms with Crippen LogP contribution in [0.25, 0.3) is 11.5 Å². The molecule has 1 fully saturated rings. The Labute approximate surface area is 133 Å². The summed E-state index contributed by atoms with van der Waals surface area (Å²) in [6.45, 7) is 2.25. The minimum absolute atomic E-state index is 0.423. The lowest BCUT2D eigenvalue weighted by Gasteiger charge is -2.33. The highest BCUT2D eigenvalue weighted by Gasteiger charge is 2.36. The number of benzene rings is 1. The Hall–Kier alpha value is -1.10. The van der Waals surface area contributed by atoms with Crippen LogP contribution >= 0.6 is 23.2 Å². The lowest BCUT2D eigenvalue weighted by Crippen LogP contribution is -2.41. The smallest absolute Gasteiger partial charge is 0.258 e. The van der Waals surface area contributed by atoms with Gasteiger partial charge in [-0.2, -0.15) is 4.98 Å². The van der Waals surface area contributed by atoms with Crippen LogP contribution in [0.3, 0.4) is 0 Å². The van der Waals surface area contributed by atoms with E-state index in [-0.39, 0.29) is 0 Å². The van der Waals surface area contributed by atoms with Crippen molar-refractivity contribution in [3.05, 3.63) is 34.1 Å². The third-order valence-electron chi connectivity index (χ3n) is 4.20. The first-order valence-electron chi connectivity index (χ1n) is 7.06.